The van der Waals surface area contributed by atoms with Crippen molar-refractivity contribution in [2.45, 2.75) is 93.3 Å². The fourth-order valence-electron chi connectivity index (χ4n) is 4.11. The summed E-state index contributed by atoms with van der Waals surface area (Å²) in [5.74, 6) is -0.262. The molecule has 0 aliphatic carbocycles. The van der Waals surface area contributed by atoms with Gasteiger partial charge in [0, 0.05) is 17.8 Å². The fraction of sp³-hybridized carbons (Fsp3) is 0.533. The highest BCUT2D eigenvalue weighted by molar-refractivity contribution is 5.74. The van der Waals surface area contributed by atoms with Crippen LogP contribution in [0.15, 0.2) is 42.5 Å². The second-order valence-electron chi connectivity index (χ2n) is 10.4. The Balaban J connectivity index is 2.16. The second kappa shape index (κ2) is 13.3. The largest absolute Gasteiger partial charge is 0.461 e. The number of rotatable bonds is 12. The molecule has 0 N–H and O–H groups in total. The Morgan fingerprint density at radius 1 is 0.771 bits per heavy atom. The van der Waals surface area contributed by atoms with Crippen LogP contribution >= 0.6 is 0 Å². The van der Waals surface area contributed by atoms with Gasteiger partial charge in [0.25, 0.3) is 0 Å². The van der Waals surface area contributed by atoms with Gasteiger partial charge >= 0.3 is 11.9 Å². The number of hydrogen-bond acceptors (Lipinski definition) is 5. The number of aryl methyl sites for hydroxylation is 2. The van der Waals surface area contributed by atoms with E-state index in [-0.39, 0.29) is 30.4 Å². The number of nitrogens with zero attached hydrogens (tertiary/aromatic N) is 1. The molecule has 0 radical (unpaired) electrons. The number of esters is 2. The Bertz CT molecular complexity index is 970. The summed E-state index contributed by atoms with van der Waals surface area (Å²) in [6, 6.07) is 15.3. The van der Waals surface area contributed by atoms with Gasteiger partial charge < -0.3 is 14.4 Å². The summed E-state index contributed by atoms with van der Waals surface area (Å²) in [5, 5.41) is 0. The van der Waals surface area contributed by atoms with Crippen molar-refractivity contribution in [3.05, 3.63) is 59.2 Å². The van der Waals surface area contributed by atoms with Crippen molar-refractivity contribution in [3.63, 3.8) is 0 Å². The van der Waals surface area contributed by atoms with Crippen LogP contribution in [0.25, 0.3) is 0 Å². The standard InChI is InChI=1S/C30H43NO4/c1-20(2)29(32)34-19-25-15-16-28(35-30(33)21(3)4)26(17-25)13-9-11-24-12-10-14-27(18-24)31(22(5)6)23(7)8/h10,12,14-18,20-23H,9,11,13,19H2,1-8H3. The van der Waals surface area contributed by atoms with Crippen LogP contribution in [0.5, 0.6) is 5.75 Å². The monoisotopic (exact) mass is 481 g/mol. The van der Waals surface area contributed by atoms with E-state index in [2.05, 4.69) is 56.9 Å². The summed E-state index contributed by atoms with van der Waals surface area (Å²) in [7, 11) is 0. The fourth-order valence-corrected chi connectivity index (χ4v) is 4.11. The second-order valence-corrected chi connectivity index (χ2v) is 10.4. The minimum absolute atomic E-state index is 0.168. The number of benzene rings is 2. The average Bonchev–Trinajstić information content (AvgIpc) is 2.78. The summed E-state index contributed by atoms with van der Waals surface area (Å²) in [5.41, 5.74) is 4.38. The zero-order valence-electron chi connectivity index (χ0n) is 22.8. The molecular formula is C30H43NO4. The lowest BCUT2D eigenvalue weighted by Crippen LogP contribution is -2.36. The summed E-state index contributed by atoms with van der Waals surface area (Å²) >= 11 is 0. The topological polar surface area (TPSA) is 55.8 Å². The van der Waals surface area contributed by atoms with Crippen LogP contribution < -0.4 is 9.64 Å². The van der Waals surface area contributed by atoms with Gasteiger partial charge in [-0.1, -0.05) is 45.9 Å². The zero-order chi connectivity index (χ0) is 26.1. The number of carbonyl (C=O) groups is 2. The highest BCUT2D eigenvalue weighted by atomic mass is 16.5. The predicted octanol–water partition coefficient (Wildman–Crippen LogP) is 6.75. The summed E-state index contributed by atoms with van der Waals surface area (Å²) in [4.78, 5) is 26.6. The first-order chi connectivity index (χ1) is 16.5. The Hall–Kier alpha value is -2.82. The highest BCUT2D eigenvalue weighted by Crippen LogP contribution is 2.26. The van der Waals surface area contributed by atoms with E-state index in [0.29, 0.717) is 17.8 Å². The summed E-state index contributed by atoms with van der Waals surface area (Å²) in [6.07, 6.45) is 2.59. The van der Waals surface area contributed by atoms with Crippen LogP contribution in [0.4, 0.5) is 5.69 Å². The molecule has 0 atom stereocenters. The molecule has 0 amide bonds. The van der Waals surface area contributed by atoms with Crippen molar-refractivity contribution in [3.8, 4) is 5.75 Å². The van der Waals surface area contributed by atoms with Crippen molar-refractivity contribution in [2.75, 3.05) is 4.90 Å². The first-order valence-corrected chi connectivity index (χ1v) is 12.9. The molecule has 0 bridgehead atoms. The average molecular weight is 482 g/mol. The van der Waals surface area contributed by atoms with E-state index in [9.17, 15) is 9.59 Å². The summed E-state index contributed by atoms with van der Waals surface area (Å²) < 4.78 is 11.1. The Kier molecular flexibility index (Phi) is 10.8. The van der Waals surface area contributed by atoms with E-state index in [1.165, 1.54) is 11.3 Å². The SMILES string of the molecule is CC(C)C(=O)OCc1ccc(OC(=O)C(C)C)c(CCCc2cccc(N(C(C)C)C(C)C)c2)c1. The van der Waals surface area contributed by atoms with Gasteiger partial charge in [-0.15, -0.1) is 0 Å². The molecule has 192 valence electrons. The van der Waals surface area contributed by atoms with Gasteiger partial charge in [0.2, 0.25) is 0 Å². The quantitative estimate of drug-likeness (QED) is 0.248. The third-order valence-corrected chi connectivity index (χ3v) is 5.89. The van der Waals surface area contributed by atoms with E-state index < -0.39 is 0 Å². The van der Waals surface area contributed by atoms with Gasteiger partial charge in [-0.3, -0.25) is 9.59 Å². The molecule has 0 unspecified atom stereocenters. The molecule has 0 aliphatic rings. The zero-order valence-corrected chi connectivity index (χ0v) is 22.8. The molecule has 5 heteroatoms. The molecule has 0 spiro atoms. The molecule has 35 heavy (non-hydrogen) atoms. The maximum atomic E-state index is 12.2. The molecule has 0 fully saturated rings. The molecule has 5 nitrogen and oxygen atoms in total. The van der Waals surface area contributed by atoms with E-state index in [1.54, 1.807) is 0 Å². The van der Waals surface area contributed by atoms with Gasteiger partial charge in [0.1, 0.15) is 12.4 Å². The van der Waals surface area contributed by atoms with E-state index in [1.807, 2.05) is 45.9 Å². The molecule has 0 saturated carbocycles. The third kappa shape index (κ3) is 8.72. The first kappa shape index (κ1) is 28.4. The lowest BCUT2D eigenvalue weighted by molar-refractivity contribution is -0.148. The normalized spacial score (nSPS) is 11.4. The maximum absolute atomic E-state index is 12.2. The molecular weight excluding hydrogens is 438 g/mol. The minimum Gasteiger partial charge on any atom is -0.461 e. The Morgan fingerprint density at radius 2 is 1.43 bits per heavy atom. The minimum atomic E-state index is -0.250. The molecule has 2 rings (SSSR count). The summed E-state index contributed by atoms with van der Waals surface area (Å²) in [6.45, 7) is 16.4. The number of hydrogen-bond donors (Lipinski definition) is 0. The van der Waals surface area contributed by atoms with E-state index >= 15 is 0 Å². The van der Waals surface area contributed by atoms with Crippen LogP contribution in [0.1, 0.15) is 78.5 Å². The van der Waals surface area contributed by atoms with Crippen molar-refractivity contribution < 1.29 is 19.1 Å². The van der Waals surface area contributed by atoms with Gasteiger partial charge in [0.05, 0.1) is 11.8 Å². The van der Waals surface area contributed by atoms with Crippen LogP contribution in [0.2, 0.25) is 0 Å². The van der Waals surface area contributed by atoms with Crippen LogP contribution in [-0.2, 0) is 33.8 Å². The first-order valence-electron chi connectivity index (χ1n) is 12.9. The van der Waals surface area contributed by atoms with Crippen molar-refractivity contribution in [1.29, 1.82) is 0 Å². The van der Waals surface area contributed by atoms with Crippen molar-refractivity contribution in [2.24, 2.45) is 11.8 Å². The molecule has 0 aromatic heterocycles. The number of ether oxygens (including phenoxy) is 2. The maximum Gasteiger partial charge on any atom is 0.313 e. The van der Waals surface area contributed by atoms with E-state index in [0.717, 1.165) is 30.4 Å². The van der Waals surface area contributed by atoms with Crippen LogP contribution in [0.3, 0.4) is 0 Å². The van der Waals surface area contributed by atoms with Gasteiger partial charge in [-0.05, 0) is 87.9 Å². The lowest BCUT2D eigenvalue weighted by Gasteiger charge is -2.33. The lowest BCUT2D eigenvalue weighted by atomic mass is 10.0. The van der Waals surface area contributed by atoms with Gasteiger partial charge in [-0.2, -0.15) is 0 Å². The smallest absolute Gasteiger partial charge is 0.313 e. The molecule has 0 saturated heterocycles. The molecule has 0 heterocycles. The van der Waals surface area contributed by atoms with Crippen LogP contribution in [0, 0.1) is 11.8 Å². The van der Waals surface area contributed by atoms with Crippen molar-refractivity contribution in [1.82, 2.24) is 0 Å². The van der Waals surface area contributed by atoms with Gasteiger partial charge in [-0.25, -0.2) is 0 Å². The highest BCUT2D eigenvalue weighted by Gasteiger charge is 2.16. The Morgan fingerprint density at radius 3 is 2.03 bits per heavy atom. The van der Waals surface area contributed by atoms with E-state index in [4.69, 9.17) is 9.47 Å². The Labute approximate surface area is 211 Å². The predicted molar refractivity (Wildman–Crippen MR) is 143 cm³/mol. The van der Waals surface area contributed by atoms with Crippen LogP contribution in [-0.4, -0.2) is 24.0 Å². The molecule has 2 aromatic rings. The number of carbonyl (C=O) groups excluding carboxylic acids is 2. The third-order valence-electron chi connectivity index (χ3n) is 5.89. The van der Waals surface area contributed by atoms with Gasteiger partial charge in [0.15, 0.2) is 0 Å². The molecule has 2 aromatic carbocycles. The number of anilines is 1. The van der Waals surface area contributed by atoms with Crippen molar-refractivity contribution >= 4 is 17.6 Å². The molecule has 0 aliphatic heterocycles.